The minimum atomic E-state index is -1.66. The smallest absolute Gasteiger partial charge is 0.426 e. The molecule has 0 saturated carbocycles. The molecule has 0 bridgehead atoms. The highest BCUT2D eigenvalue weighted by molar-refractivity contribution is 6.43. The molecular weight excluding hydrogens is 407 g/mol. The first-order valence-electron chi connectivity index (χ1n) is 10.9. The van der Waals surface area contributed by atoms with Crippen LogP contribution in [0.15, 0.2) is 65.8 Å². The van der Waals surface area contributed by atoms with Crippen molar-refractivity contribution in [1.29, 1.82) is 0 Å². The average Bonchev–Trinajstić information content (AvgIpc) is 3.18. The lowest BCUT2D eigenvalue weighted by Crippen LogP contribution is -2.56. The quantitative estimate of drug-likeness (QED) is 0.468. The van der Waals surface area contributed by atoms with Gasteiger partial charge in [-0.2, -0.15) is 0 Å². The minimum Gasteiger partial charge on any atom is -0.426 e. The molecule has 170 valence electrons. The van der Waals surface area contributed by atoms with Crippen LogP contribution in [0.4, 0.5) is 0 Å². The fourth-order valence-corrected chi connectivity index (χ4v) is 3.77. The first-order chi connectivity index (χ1) is 15.4. The van der Waals surface area contributed by atoms with Gasteiger partial charge >= 0.3 is 7.12 Å². The summed E-state index contributed by atoms with van der Waals surface area (Å²) in [6.07, 6.45) is 0.998. The van der Waals surface area contributed by atoms with E-state index >= 15 is 0 Å². The molecule has 2 unspecified atom stereocenters. The molecule has 0 radical (unpaired) electrons. The predicted molar refractivity (Wildman–Crippen MR) is 124 cm³/mol. The molecule has 2 aromatic carbocycles. The van der Waals surface area contributed by atoms with Gasteiger partial charge in [0.1, 0.15) is 0 Å². The third-order valence-electron chi connectivity index (χ3n) is 5.37. The van der Waals surface area contributed by atoms with Crippen LogP contribution in [0, 0.1) is 5.92 Å². The highest BCUT2D eigenvalue weighted by Crippen LogP contribution is 2.29. The molecule has 0 aromatic heterocycles. The lowest BCUT2D eigenvalue weighted by molar-refractivity contribution is -0.144. The third-order valence-corrected chi connectivity index (χ3v) is 5.37. The van der Waals surface area contributed by atoms with Gasteiger partial charge in [0.15, 0.2) is 0 Å². The number of carbonyl (C=O) groups is 1. The first kappa shape index (κ1) is 24.0. The molecule has 0 saturated heterocycles. The number of hydrogen-bond acceptors (Lipinski definition) is 6. The van der Waals surface area contributed by atoms with E-state index in [1.165, 1.54) is 0 Å². The maximum Gasteiger partial charge on any atom is 0.475 e. The van der Waals surface area contributed by atoms with Crippen LogP contribution in [0.3, 0.4) is 0 Å². The normalized spacial score (nSPS) is 18.7. The standard InChI is InChI=1S/C24H31BN2O5/c1-18(2)13-22(25(29)30)26-23(28)24(14-19-9-5-3-6-10-19)15-21(27-32-24)17-31-16-20-11-7-4-8-12-20/h3-12,18,22,29-30H,13-17H2,1-2H3,(H,26,28). The van der Waals surface area contributed by atoms with Crippen molar-refractivity contribution in [2.75, 3.05) is 6.61 Å². The number of carbonyl (C=O) groups excluding carboxylic acids is 1. The summed E-state index contributed by atoms with van der Waals surface area (Å²) in [4.78, 5) is 19.1. The van der Waals surface area contributed by atoms with Gasteiger partial charge in [-0.15, -0.1) is 0 Å². The van der Waals surface area contributed by atoms with Crippen molar-refractivity contribution in [3.05, 3.63) is 71.8 Å². The molecule has 2 aromatic rings. The molecule has 0 spiro atoms. The minimum absolute atomic E-state index is 0.176. The molecular formula is C24H31BN2O5. The second-order valence-corrected chi connectivity index (χ2v) is 8.68. The third kappa shape index (κ3) is 6.66. The zero-order valence-electron chi connectivity index (χ0n) is 18.6. The Hall–Kier alpha value is -2.68. The molecule has 1 aliphatic heterocycles. The zero-order valence-corrected chi connectivity index (χ0v) is 18.6. The van der Waals surface area contributed by atoms with Gasteiger partial charge in [0, 0.05) is 12.8 Å². The molecule has 32 heavy (non-hydrogen) atoms. The van der Waals surface area contributed by atoms with E-state index in [-0.39, 0.29) is 18.9 Å². The van der Waals surface area contributed by atoms with Gasteiger partial charge in [-0.05, 0) is 23.5 Å². The van der Waals surface area contributed by atoms with Gasteiger partial charge in [-0.3, -0.25) is 4.79 Å². The van der Waals surface area contributed by atoms with Gasteiger partial charge in [-0.1, -0.05) is 79.7 Å². The largest absolute Gasteiger partial charge is 0.475 e. The lowest BCUT2D eigenvalue weighted by Gasteiger charge is -2.29. The molecule has 8 heteroatoms. The number of hydrogen-bond donors (Lipinski definition) is 3. The Labute approximate surface area is 189 Å². The summed E-state index contributed by atoms with van der Waals surface area (Å²) in [6, 6.07) is 19.4. The number of benzene rings is 2. The zero-order chi connectivity index (χ0) is 23.0. The monoisotopic (exact) mass is 438 g/mol. The van der Waals surface area contributed by atoms with Crippen LogP contribution in [0.2, 0.25) is 0 Å². The lowest BCUT2D eigenvalue weighted by atomic mass is 9.74. The molecule has 0 fully saturated rings. The van der Waals surface area contributed by atoms with Gasteiger partial charge in [0.25, 0.3) is 5.91 Å². The van der Waals surface area contributed by atoms with Crippen molar-refractivity contribution in [2.24, 2.45) is 11.1 Å². The van der Waals surface area contributed by atoms with Crippen LogP contribution in [-0.2, 0) is 27.4 Å². The number of rotatable bonds is 11. The summed E-state index contributed by atoms with van der Waals surface area (Å²) < 4.78 is 5.78. The summed E-state index contributed by atoms with van der Waals surface area (Å²) in [6.45, 7) is 4.60. The molecule has 7 nitrogen and oxygen atoms in total. The number of oxime groups is 1. The molecule has 1 heterocycles. The van der Waals surface area contributed by atoms with E-state index in [9.17, 15) is 14.8 Å². The summed E-state index contributed by atoms with van der Waals surface area (Å²) in [7, 11) is -1.66. The predicted octanol–water partition coefficient (Wildman–Crippen LogP) is 2.50. The Morgan fingerprint density at radius 3 is 2.31 bits per heavy atom. The van der Waals surface area contributed by atoms with Gasteiger partial charge in [-0.25, -0.2) is 0 Å². The fraction of sp³-hybridized carbons (Fsp3) is 0.417. The second kappa shape index (κ2) is 11.3. The summed E-state index contributed by atoms with van der Waals surface area (Å²) in [5, 5.41) is 26.4. The van der Waals surface area contributed by atoms with Crippen molar-refractivity contribution in [3.8, 4) is 0 Å². The molecule has 0 aliphatic carbocycles. The van der Waals surface area contributed by atoms with Crippen molar-refractivity contribution >= 4 is 18.7 Å². The highest BCUT2D eigenvalue weighted by atomic mass is 16.7. The van der Waals surface area contributed by atoms with Crippen LogP contribution in [0.5, 0.6) is 0 Å². The maximum absolute atomic E-state index is 13.3. The Kier molecular flexibility index (Phi) is 8.44. The number of nitrogens with zero attached hydrogens (tertiary/aromatic N) is 1. The summed E-state index contributed by atoms with van der Waals surface area (Å²) >= 11 is 0. The van der Waals surface area contributed by atoms with Crippen molar-refractivity contribution in [1.82, 2.24) is 5.32 Å². The summed E-state index contributed by atoms with van der Waals surface area (Å²) in [5.41, 5.74) is 1.34. The van der Waals surface area contributed by atoms with E-state index in [2.05, 4.69) is 10.5 Å². The Morgan fingerprint density at radius 2 is 1.72 bits per heavy atom. The van der Waals surface area contributed by atoms with Crippen LogP contribution >= 0.6 is 0 Å². The van der Waals surface area contributed by atoms with Gasteiger partial charge in [0.2, 0.25) is 5.60 Å². The first-order valence-corrected chi connectivity index (χ1v) is 10.9. The van der Waals surface area contributed by atoms with Crippen LogP contribution in [0.25, 0.3) is 0 Å². The SMILES string of the molecule is CC(C)CC(NC(=O)C1(Cc2ccccc2)CC(COCc2ccccc2)=NO1)B(O)O. The Bertz CT molecular complexity index is 892. The number of amides is 1. The molecule has 3 rings (SSSR count). The molecule has 1 aliphatic rings. The average molecular weight is 438 g/mol. The van der Waals surface area contributed by atoms with E-state index in [0.717, 1.165) is 11.1 Å². The second-order valence-electron chi connectivity index (χ2n) is 8.68. The van der Waals surface area contributed by atoms with E-state index in [1.54, 1.807) is 0 Å². The molecule has 3 N–H and O–H groups in total. The van der Waals surface area contributed by atoms with Crippen LogP contribution in [0.1, 0.15) is 37.8 Å². The summed E-state index contributed by atoms with van der Waals surface area (Å²) in [5.74, 6) is -1.03. The van der Waals surface area contributed by atoms with Crippen molar-refractivity contribution in [2.45, 2.75) is 51.3 Å². The maximum atomic E-state index is 13.3. The Morgan fingerprint density at radius 1 is 1.09 bits per heavy atom. The molecule has 1 amide bonds. The van der Waals surface area contributed by atoms with E-state index in [4.69, 9.17) is 9.57 Å². The molecule has 2 atom stereocenters. The van der Waals surface area contributed by atoms with Gasteiger partial charge < -0.3 is 24.9 Å². The van der Waals surface area contributed by atoms with Gasteiger partial charge in [0.05, 0.1) is 24.9 Å². The van der Waals surface area contributed by atoms with Crippen LogP contribution < -0.4 is 5.32 Å². The van der Waals surface area contributed by atoms with E-state index in [0.29, 0.717) is 25.2 Å². The van der Waals surface area contributed by atoms with E-state index in [1.807, 2.05) is 74.5 Å². The van der Waals surface area contributed by atoms with E-state index < -0.39 is 24.6 Å². The van der Waals surface area contributed by atoms with Crippen molar-refractivity contribution in [3.63, 3.8) is 0 Å². The fourth-order valence-electron chi connectivity index (χ4n) is 3.77. The van der Waals surface area contributed by atoms with Crippen molar-refractivity contribution < 1.29 is 24.4 Å². The Balaban J connectivity index is 1.69. The number of ether oxygens (including phenoxy) is 1. The van der Waals surface area contributed by atoms with Crippen LogP contribution in [-0.4, -0.2) is 46.9 Å². The topological polar surface area (TPSA) is 100 Å². The number of nitrogens with one attached hydrogen (secondary N) is 1. The highest BCUT2D eigenvalue weighted by Gasteiger charge is 2.48.